The van der Waals surface area contributed by atoms with E-state index in [1.54, 1.807) is 19.1 Å². The Morgan fingerprint density at radius 3 is 2.83 bits per heavy atom. The van der Waals surface area contributed by atoms with Crippen LogP contribution in [-0.2, 0) is 9.53 Å². The van der Waals surface area contributed by atoms with Crippen molar-refractivity contribution in [1.82, 2.24) is 15.5 Å². The van der Waals surface area contributed by atoms with Gasteiger partial charge >= 0.3 is 5.97 Å². The van der Waals surface area contributed by atoms with Crippen molar-refractivity contribution < 1.29 is 13.9 Å². The molecule has 0 saturated carbocycles. The number of carbonyl (C=O) groups is 1. The minimum Gasteiger partial charge on any atom is -0.456 e. The first-order valence-corrected chi connectivity index (χ1v) is 9.50. The number of dihydropyridines is 1. The average molecular weight is 400 g/mol. The number of allylic oxidation sites excluding steroid dienone is 1. The number of nitriles is 1. The van der Waals surface area contributed by atoms with Gasteiger partial charge < -0.3 is 10.1 Å². The number of halogens is 1. The number of aryl methyl sites for hydroxylation is 2. The van der Waals surface area contributed by atoms with Gasteiger partial charge in [-0.1, -0.05) is 12.1 Å². The highest BCUT2D eigenvalue weighted by molar-refractivity contribution is 5.98. The summed E-state index contributed by atoms with van der Waals surface area (Å²) in [6.45, 7) is 3.77. The van der Waals surface area contributed by atoms with E-state index >= 15 is 0 Å². The normalized spacial score (nSPS) is 18.3. The standard InChI is InChI=1S/C23H17FN4O2/c1-11-3-5-14(17(24)7-11)22-16(9-25)20(21-19(26-22)10-30-23(21)29)13-4-6-18-15(8-13)12(2)27-28-18/h3-8,20,26H,10H2,1-2H3,(H,27,28). The Kier molecular flexibility index (Phi) is 3.97. The number of H-pyrrole nitrogens is 1. The lowest BCUT2D eigenvalue weighted by molar-refractivity contribution is -0.136. The monoisotopic (exact) mass is 400 g/mol. The van der Waals surface area contributed by atoms with Gasteiger partial charge in [0.15, 0.2) is 0 Å². The summed E-state index contributed by atoms with van der Waals surface area (Å²) in [5, 5.41) is 21.3. The molecule has 0 aliphatic carbocycles. The lowest BCUT2D eigenvalue weighted by atomic mass is 9.80. The second-order valence-electron chi connectivity index (χ2n) is 7.54. The van der Waals surface area contributed by atoms with Crippen LogP contribution >= 0.6 is 0 Å². The van der Waals surface area contributed by atoms with Crippen molar-refractivity contribution in [3.8, 4) is 6.07 Å². The Morgan fingerprint density at radius 1 is 1.23 bits per heavy atom. The Morgan fingerprint density at radius 2 is 2.07 bits per heavy atom. The van der Waals surface area contributed by atoms with Gasteiger partial charge in [-0.25, -0.2) is 9.18 Å². The molecule has 2 aliphatic heterocycles. The molecule has 0 amide bonds. The maximum atomic E-state index is 14.8. The van der Waals surface area contributed by atoms with Crippen molar-refractivity contribution in [3.05, 3.63) is 81.4 Å². The molecule has 2 aliphatic rings. The number of fused-ring (bicyclic) bond motifs is 1. The molecule has 30 heavy (non-hydrogen) atoms. The number of nitrogens with one attached hydrogen (secondary N) is 2. The van der Waals surface area contributed by atoms with Gasteiger partial charge in [-0.05, 0) is 49.2 Å². The van der Waals surface area contributed by atoms with Crippen molar-refractivity contribution in [2.24, 2.45) is 0 Å². The molecular weight excluding hydrogens is 383 g/mol. The summed E-state index contributed by atoms with van der Waals surface area (Å²) >= 11 is 0. The molecule has 2 N–H and O–H groups in total. The summed E-state index contributed by atoms with van der Waals surface area (Å²) in [7, 11) is 0. The maximum Gasteiger partial charge on any atom is 0.337 e. The van der Waals surface area contributed by atoms with E-state index < -0.39 is 17.7 Å². The summed E-state index contributed by atoms with van der Waals surface area (Å²) in [5.41, 5.74) is 5.08. The summed E-state index contributed by atoms with van der Waals surface area (Å²) in [6.07, 6.45) is 0. The maximum absolute atomic E-state index is 14.8. The third-order valence-electron chi connectivity index (χ3n) is 5.63. The van der Waals surface area contributed by atoms with Crippen LogP contribution in [0.5, 0.6) is 0 Å². The van der Waals surface area contributed by atoms with Crippen LogP contribution in [0.3, 0.4) is 0 Å². The molecule has 1 atom stereocenters. The first-order chi connectivity index (χ1) is 14.5. The fourth-order valence-electron chi connectivity index (χ4n) is 4.14. The third kappa shape index (κ3) is 2.61. The molecule has 0 spiro atoms. The van der Waals surface area contributed by atoms with Gasteiger partial charge in [-0.3, -0.25) is 5.10 Å². The predicted molar refractivity (Wildman–Crippen MR) is 108 cm³/mol. The number of hydrogen-bond donors (Lipinski definition) is 2. The topological polar surface area (TPSA) is 90.8 Å². The van der Waals surface area contributed by atoms with E-state index in [1.807, 2.05) is 25.1 Å². The van der Waals surface area contributed by atoms with Crippen molar-refractivity contribution in [2.75, 3.05) is 6.61 Å². The van der Waals surface area contributed by atoms with E-state index in [2.05, 4.69) is 21.6 Å². The van der Waals surface area contributed by atoms with Crippen molar-refractivity contribution in [2.45, 2.75) is 19.8 Å². The average Bonchev–Trinajstić information content (AvgIpc) is 3.29. The first kappa shape index (κ1) is 18.1. The number of rotatable bonds is 2. The molecule has 148 valence electrons. The van der Waals surface area contributed by atoms with E-state index in [1.165, 1.54) is 6.07 Å². The van der Waals surface area contributed by atoms with Crippen LogP contribution in [0, 0.1) is 31.0 Å². The Bertz CT molecular complexity index is 1340. The molecule has 5 rings (SSSR count). The van der Waals surface area contributed by atoms with Crippen LogP contribution in [0.15, 0.2) is 53.2 Å². The number of carbonyl (C=O) groups excluding carboxylic acids is 1. The Hall–Kier alpha value is -3.92. The van der Waals surface area contributed by atoms with Gasteiger partial charge in [0.2, 0.25) is 0 Å². The summed E-state index contributed by atoms with van der Waals surface area (Å²) in [5.74, 6) is -1.56. The van der Waals surface area contributed by atoms with E-state index in [9.17, 15) is 14.4 Å². The lowest BCUT2D eigenvalue weighted by Crippen LogP contribution is -2.26. The second-order valence-corrected chi connectivity index (χ2v) is 7.54. The number of nitrogens with zero attached hydrogens (tertiary/aromatic N) is 2. The van der Waals surface area contributed by atoms with Gasteiger partial charge in [-0.15, -0.1) is 0 Å². The first-order valence-electron chi connectivity index (χ1n) is 9.50. The van der Waals surface area contributed by atoms with Crippen LogP contribution < -0.4 is 5.32 Å². The number of cyclic esters (lactones) is 1. The van der Waals surface area contributed by atoms with Crippen molar-refractivity contribution >= 4 is 22.6 Å². The van der Waals surface area contributed by atoms with Crippen LogP contribution in [0.1, 0.15) is 28.3 Å². The molecule has 0 bridgehead atoms. The summed E-state index contributed by atoms with van der Waals surface area (Å²) in [4.78, 5) is 12.5. The SMILES string of the molecule is Cc1ccc(C2=C(C#N)C(c3ccc4n[nH]c(C)c4c3)C3=C(COC3=O)N2)c(F)c1. The van der Waals surface area contributed by atoms with Crippen LogP contribution in [0.2, 0.25) is 0 Å². The largest absolute Gasteiger partial charge is 0.456 e. The molecule has 2 aromatic carbocycles. The van der Waals surface area contributed by atoms with Gasteiger partial charge in [0.25, 0.3) is 0 Å². The molecular formula is C23H17FN4O2. The zero-order chi connectivity index (χ0) is 21.0. The van der Waals surface area contributed by atoms with E-state index in [0.717, 1.165) is 27.7 Å². The number of aromatic amines is 1. The molecule has 7 heteroatoms. The highest BCUT2D eigenvalue weighted by Crippen LogP contribution is 2.43. The number of hydrogen-bond acceptors (Lipinski definition) is 5. The number of aromatic nitrogens is 2. The van der Waals surface area contributed by atoms with Crippen LogP contribution in [0.25, 0.3) is 16.6 Å². The van der Waals surface area contributed by atoms with Crippen LogP contribution in [-0.4, -0.2) is 22.8 Å². The molecule has 0 radical (unpaired) electrons. The summed E-state index contributed by atoms with van der Waals surface area (Å²) < 4.78 is 20.1. The predicted octanol–water partition coefficient (Wildman–Crippen LogP) is 3.75. The fraction of sp³-hybridized carbons (Fsp3) is 0.174. The number of esters is 1. The molecule has 1 aromatic heterocycles. The van der Waals surface area contributed by atoms with Gasteiger partial charge in [0.1, 0.15) is 12.4 Å². The minimum atomic E-state index is -0.657. The summed E-state index contributed by atoms with van der Waals surface area (Å²) in [6, 6.07) is 12.7. The molecule has 3 heterocycles. The third-order valence-corrected chi connectivity index (χ3v) is 5.63. The molecule has 6 nitrogen and oxygen atoms in total. The molecule has 0 fully saturated rings. The Labute approximate surface area is 171 Å². The quantitative estimate of drug-likeness (QED) is 0.640. The zero-order valence-electron chi connectivity index (χ0n) is 16.3. The molecule has 1 unspecified atom stereocenters. The van der Waals surface area contributed by atoms with E-state index in [0.29, 0.717) is 17.0 Å². The molecule has 0 saturated heterocycles. The number of benzene rings is 2. The number of ether oxygens (including phenoxy) is 1. The van der Waals surface area contributed by atoms with Gasteiger partial charge in [0, 0.05) is 16.6 Å². The fourth-order valence-corrected chi connectivity index (χ4v) is 4.14. The lowest BCUT2D eigenvalue weighted by Gasteiger charge is -2.27. The smallest absolute Gasteiger partial charge is 0.337 e. The van der Waals surface area contributed by atoms with Crippen molar-refractivity contribution in [3.63, 3.8) is 0 Å². The second kappa shape index (κ2) is 6.56. The van der Waals surface area contributed by atoms with Gasteiger partial charge in [0.05, 0.1) is 40.0 Å². The highest BCUT2D eigenvalue weighted by atomic mass is 19.1. The zero-order valence-corrected chi connectivity index (χ0v) is 16.3. The van der Waals surface area contributed by atoms with E-state index in [4.69, 9.17) is 4.74 Å². The minimum absolute atomic E-state index is 0.0628. The van der Waals surface area contributed by atoms with E-state index in [-0.39, 0.29) is 17.7 Å². The van der Waals surface area contributed by atoms with Crippen molar-refractivity contribution in [1.29, 1.82) is 5.26 Å². The Balaban J connectivity index is 1.76. The highest BCUT2D eigenvalue weighted by Gasteiger charge is 2.40. The molecule has 3 aromatic rings. The van der Waals surface area contributed by atoms with Crippen LogP contribution in [0.4, 0.5) is 4.39 Å². The van der Waals surface area contributed by atoms with Gasteiger partial charge in [-0.2, -0.15) is 10.4 Å².